The fraction of sp³-hybridized carbons (Fsp3) is 0.451. The van der Waals surface area contributed by atoms with E-state index < -0.39 is 41.5 Å². The van der Waals surface area contributed by atoms with Gasteiger partial charge in [-0.25, -0.2) is 9.67 Å². The van der Waals surface area contributed by atoms with E-state index in [4.69, 9.17) is 26.1 Å². The Bertz CT molecular complexity index is 2960. The third kappa shape index (κ3) is 12.8. The van der Waals surface area contributed by atoms with Crippen LogP contribution in [-0.4, -0.2) is 125 Å². The number of carbonyl (C=O) groups excluding carboxylic acids is 4. The third-order valence-corrected chi connectivity index (χ3v) is 15.2. The lowest BCUT2D eigenvalue weighted by molar-refractivity contribution is -0.144. The highest BCUT2D eigenvalue weighted by Gasteiger charge is 2.44. The average Bonchev–Trinajstić information content (AvgIpc) is 4.20. The van der Waals surface area contributed by atoms with Gasteiger partial charge in [-0.1, -0.05) is 74.0 Å². The summed E-state index contributed by atoms with van der Waals surface area (Å²) in [5.74, 6) is -0.0933. The first-order chi connectivity index (χ1) is 34.9. The highest BCUT2D eigenvalue weighted by Crippen LogP contribution is 2.40. The average molecular weight is 1050 g/mol. The Hall–Kier alpha value is -6.23. The lowest BCUT2D eigenvalue weighted by Crippen LogP contribution is -2.57. The summed E-state index contributed by atoms with van der Waals surface area (Å²) in [6.07, 6.45) is 0.972. The van der Waals surface area contributed by atoms with Crippen LogP contribution in [0.2, 0.25) is 5.02 Å². The molecule has 6 heterocycles. The number of ether oxygens (including phenoxy) is 2. The second-order valence-electron chi connectivity index (χ2n) is 19.3. The van der Waals surface area contributed by atoms with Gasteiger partial charge in [0.05, 0.1) is 73.5 Å². The van der Waals surface area contributed by atoms with Crippen molar-refractivity contribution in [1.29, 1.82) is 0 Å². The highest BCUT2D eigenvalue weighted by molar-refractivity contribution is 7.15. The topological polar surface area (TPSA) is 233 Å². The summed E-state index contributed by atoms with van der Waals surface area (Å²) in [5, 5.41) is 38.1. The Labute approximate surface area is 436 Å². The fourth-order valence-electron chi connectivity index (χ4n) is 8.77. The summed E-state index contributed by atoms with van der Waals surface area (Å²) in [7, 11) is 0. The molecule has 2 aromatic carbocycles. The molecule has 19 nitrogen and oxygen atoms in total. The number of amides is 4. The van der Waals surface area contributed by atoms with Crippen molar-refractivity contribution in [2.45, 2.75) is 112 Å². The van der Waals surface area contributed by atoms with Gasteiger partial charge in [-0.05, 0) is 61.9 Å². The first-order valence-corrected chi connectivity index (χ1v) is 26.2. The minimum atomic E-state index is -0.963. The molecule has 1 fully saturated rings. The number of hydrogen-bond acceptors (Lipinski definition) is 15. The van der Waals surface area contributed by atoms with Crippen LogP contribution in [0.25, 0.3) is 15.4 Å². The van der Waals surface area contributed by atoms with Crippen molar-refractivity contribution in [3.63, 3.8) is 0 Å². The second kappa shape index (κ2) is 23.3. The summed E-state index contributed by atoms with van der Waals surface area (Å²) >= 11 is 9.46. The van der Waals surface area contributed by atoms with Crippen LogP contribution in [0.3, 0.4) is 0 Å². The van der Waals surface area contributed by atoms with Crippen molar-refractivity contribution in [1.82, 2.24) is 55.6 Å². The van der Waals surface area contributed by atoms with Gasteiger partial charge >= 0.3 is 0 Å². The highest BCUT2D eigenvalue weighted by atomic mass is 35.5. The van der Waals surface area contributed by atoms with Crippen LogP contribution in [0.1, 0.15) is 96.2 Å². The van der Waals surface area contributed by atoms with Gasteiger partial charge in [0.25, 0.3) is 0 Å². The van der Waals surface area contributed by atoms with Crippen molar-refractivity contribution >= 4 is 63.6 Å². The van der Waals surface area contributed by atoms with Crippen LogP contribution in [0.15, 0.2) is 65.2 Å². The zero-order valence-electron chi connectivity index (χ0n) is 42.0. The maximum absolute atomic E-state index is 14.0. The van der Waals surface area contributed by atoms with E-state index in [2.05, 4.69) is 55.3 Å². The molecule has 0 saturated carbocycles. The molecule has 1 saturated heterocycles. The molecule has 4 N–H and O–H groups in total. The molecule has 0 unspecified atom stereocenters. The number of benzene rings is 2. The Balaban J connectivity index is 0.745. The van der Waals surface area contributed by atoms with Crippen LogP contribution >= 0.6 is 34.3 Å². The maximum atomic E-state index is 14.0. The van der Waals surface area contributed by atoms with Gasteiger partial charge in [-0.3, -0.25) is 28.7 Å². The number of likely N-dealkylation sites (tertiary alicyclic amines) is 1. The summed E-state index contributed by atoms with van der Waals surface area (Å²) in [6.45, 7) is 15.2. The van der Waals surface area contributed by atoms with Gasteiger partial charge in [0, 0.05) is 53.5 Å². The molecule has 73 heavy (non-hydrogen) atoms. The quantitative estimate of drug-likeness (QED) is 0.0669. The van der Waals surface area contributed by atoms with Crippen LogP contribution in [-0.2, 0) is 48.3 Å². The number of hydrogen-bond donors (Lipinski definition) is 4. The zero-order chi connectivity index (χ0) is 52.0. The van der Waals surface area contributed by atoms with Gasteiger partial charge < -0.3 is 35.4 Å². The van der Waals surface area contributed by atoms with Gasteiger partial charge in [0.15, 0.2) is 5.82 Å². The number of aliphatic hydroxyl groups is 1. The zero-order valence-corrected chi connectivity index (χ0v) is 44.4. The van der Waals surface area contributed by atoms with E-state index in [1.54, 1.807) is 33.6 Å². The lowest BCUT2D eigenvalue weighted by atomic mass is 9.85. The van der Waals surface area contributed by atoms with Crippen molar-refractivity contribution in [3.8, 4) is 15.4 Å². The number of nitrogens with one attached hydrogen (secondary N) is 3. The first-order valence-electron chi connectivity index (χ1n) is 24.2. The molecular formula is C51H61ClN12O7S2. The number of rotatable bonds is 20. The molecule has 4 aromatic heterocycles. The Morgan fingerprint density at radius 2 is 1.67 bits per heavy atom. The molecular weight excluding hydrogens is 992 g/mol. The lowest BCUT2D eigenvalue weighted by Gasteiger charge is -2.35. The van der Waals surface area contributed by atoms with E-state index in [9.17, 15) is 24.3 Å². The molecule has 22 heteroatoms. The molecule has 4 atom stereocenters. The number of aromatic nitrogens is 7. The number of β-amino-alcohol motifs (C(OH)–C–C–N with tert-alkyl or cyclic N) is 1. The number of aliphatic imine (C=N–C) groups is 1. The molecule has 0 aliphatic carbocycles. The van der Waals surface area contributed by atoms with Crippen LogP contribution in [0.5, 0.6) is 0 Å². The molecule has 2 aliphatic heterocycles. The summed E-state index contributed by atoms with van der Waals surface area (Å²) in [4.78, 5) is 67.2. The number of nitrogens with zero attached hydrogens (tertiary/aromatic N) is 9. The van der Waals surface area contributed by atoms with Gasteiger partial charge in [-0.15, -0.1) is 38.0 Å². The molecule has 0 radical (unpaired) electrons. The number of aliphatic hydroxyl groups excluding tert-OH is 1. The summed E-state index contributed by atoms with van der Waals surface area (Å²) in [5.41, 5.74) is 8.34. The fourth-order valence-corrected chi connectivity index (χ4v) is 10.9. The van der Waals surface area contributed by atoms with Gasteiger partial charge in [-0.2, -0.15) is 0 Å². The molecule has 6 aromatic rings. The molecule has 4 amide bonds. The Morgan fingerprint density at radius 1 is 0.918 bits per heavy atom. The predicted octanol–water partition coefficient (Wildman–Crippen LogP) is 5.76. The van der Waals surface area contributed by atoms with Crippen molar-refractivity contribution in [3.05, 3.63) is 115 Å². The SMILES string of the molecule is Cc1ncsc1-c1ccc(CNC(=O)[C@@H]2C[C@@H](O)CN2C(=O)[C@@H](NC(=O)CCOCc2cn(CCOCCNC(=O)C[C@@H]3N=C(c4ccc(Cl)cc4)c4c(sc(C)c4C)-n4c(C)nnc43)nn2)C(C)(C)C)cc1. The largest absolute Gasteiger partial charge is 0.391 e. The predicted molar refractivity (Wildman–Crippen MR) is 278 cm³/mol. The number of thiazole rings is 1. The summed E-state index contributed by atoms with van der Waals surface area (Å²) < 4.78 is 15.2. The molecule has 0 spiro atoms. The minimum Gasteiger partial charge on any atom is -0.391 e. The molecule has 0 bridgehead atoms. The number of carbonyl (C=O) groups is 4. The first kappa shape index (κ1) is 53.1. The molecule has 386 valence electrons. The number of halogens is 1. The second-order valence-corrected chi connectivity index (χ2v) is 21.8. The number of aryl methyl sites for hydroxylation is 3. The molecule has 2 aliphatic rings. The van der Waals surface area contributed by atoms with E-state index in [1.807, 2.05) is 93.2 Å². The summed E-state index contributed by atoms with van der Waals surface area (Å²) in [6, 6.07) is 13.0. The number of thiophene rings is 1. The van der Waals surface area contributed by atoms with Gasteiger partial charge in [0.1, 0.15) is 34.6 Å². The van der Waals surface area contributed by atoms with Crippen LogP contribution in [0, 0.1) is 33.1 Å². The van der Waals surface area contributed by atoms with E-state index in [0.29, 0.717) is 29.7 Å². The molecule has 8 rings (SSSR count). The van der Waals surface area contributed by atoms with E-state index in [-0.39, 0.29) is 70.5 Å². The standard InChI is InChI=1S/C51H61ClN12O7S2/c1-29-31(3)73-50-43(29)44(34-12-14-36(52)15-13-34)56-39(47-60-58-32(4)64(47)50)23-42(67)53-17-20-70-21-18-62-25-37(59-61-62)27-71-19-16-41(66)57-46(51(5,6)7)49(69)63-26-38(65)22-40(63)48(68)54-24-33-8-10-35(11-9-33)45-30(2)55-28-72-45/h8-15,25,28,38-40,46,65H,16-24,26-27H2,1-7H3,(H,53,67)(H,54,68)(H,57,66)/t38-,39+,40+,46-/m1/s1. The van der Waals surface area contributed by atoms with Crippen LogP contribution < -0.4 is 16.0 Å². The monoisotopic (exact) mass is 1050 g/mol. The maximum Gasteiger partial charge on any atom is 0.246 e. The smallest absolute Gasteiger partial charge is 0.246 e. The van der Waals surface area contributed by atoms with E-state index in [1.165, 1.54) is 4.90 Å². The van der Waals surface area contributed by atoms with Crippen LogP contribution in [0.4, 0.5) is 0 Å². The normalized spacial score (nSPS) is 16.9. The third-order valence-electron chi connectivity index (χ3n) is 12.8. The van der Waals surface area contributed by atoms with Crippen molar-refractivity contribution < 1.29 is 33.8 Å². The minimum absolute atomic E-state index is 0.0228. The Kier molecular flexibility index (Phi) is 17.0. The van der Waals surface area contributed by atoms with Gasteiger partial charge in [0.2, 0.25) is 23.6 Å². The Morgan fingerprint density at radius 3 is 2.40 bits per heavy atom. The van der Waals surface area contributed by atoms with Crippen molar-refractivity contribution in [2.75, 3.05) is 32.9 Å². The number of fused-ring (bicyclic) bond motifs is 3. The van der Waals surface area contributed by atoms with Crippen molar-refractivity contribution in [2.24, 2.45) is 10.4 Å². The van der Waals surface area contributed by atoms with E-state index in [0.717, 1.165) is 59.8 Å². The van der Waals surface area contributed by atoms with E-state index >= 15 is 0 Å².